The first-order chi connectivity index (χ1) is 8.67. The number of amides is 1. The number of nitrogens with zero attached hydrogens (tertiary/aromatic N) is 1. The highest BCUT2D eigenvalue weighted by molar-refractivity contribution is 5.82. The predicted molar refractivity (Wildman–Crippen MR) is 74.8 cm³/mol. The van der Waals surface area contributed by atoms with Gasteiger partial charge in [0, 0.05) is 6.04 Å². The Hall–Kier alpha value is -1.06. The zero-order chi connectivity index (χ0) is 14.8. The fourth-order valence-corrected chi connectivity index (χ4v) is 3.66. The zero-order valence-corrected chi connectivity index (χ0v) is 12.8. The summed E-state index contributed by atoms with van der Waals surface area (Å²) in [7, 11) is 0. The van der Waals surface area contributed by atoms with E-state index in [9.17, 15) is 14.7 Å². The molecule has 1 rings (SSSR count). The Kier molecular flexibility index (Phi) is 4.64. The van der Waals surface area contributed by atoms with Crippen molar-refractivity contribution in [2.45, 2.75) is 71.9 Å². The summed E-state index contributed by atoms with van der Waals surface area (Å²) in [6.07, 6.45) is 4.06. The van der Waals surface area contributed by atoms with Crippen molar-refractivity contribution in [3.05, 3.63) is 0 Å². The largest absolute Gasteiger partial charge is 0.479 e. The molecule has 0 aromatic rings. The predicted octanol–water partition coefficient (Wildman–Crippen LogP) is 2.91. The standard InChI is InChI=1S/C15H27NO3/c1-11(2)16(10-17)15(13(18)19)9-7-6-8-12(15)14(3,4)5/h10-12H,6-9H2,1-5H3,(H,18,19). The molecule has 4 heteroatoms. The second kappa shape index (κ2) is 5.51. The monoisotopic (exact) mass is 269 g/mol. The third-order valence-electron chi connectivity index (χ3n) is 4.42. The van der Waals surface area contributed by atoms with Crippen LogP contribution in [-0.2, 0) is 9.59 Å². The Morgan fingerprint density at radius 2 is 1.95 bits per heavy atom. The lowest BCUT2D eigenvalue weighted by Crippen LogP contribution is -2.64. The van der Waals surface area contributed by atoms with Crippen molar-refractivity contribution in [1.82, 2.24) is 4.90 Å². The molecule has 1 aliphatic rings. The molecule has 0 saturated heterocycles. The number of carbonyl (C=O) groups excluding carboxylic acids is 1. The van der Waals surface area contributed by atoms with E-state index >= 15 is 0 Å². The number of hydrogen-bond donors (Lipinski definition) is 1. The first kappa shape index (κ1) is 16.0. The van der Waals surface area contributed by atoms with E-state index in [-0.39, 0.29) is 17.4 Å². The molecule has 2 atom stereocenters. The number of carboxylic acid groups (broad SMARTS) is 1. The molecular weight excluding hydrogens is 242 g/mol. The molecule has 1 N–H and O–H groups in total. The minimum atomic E-state index is -1.05. The van der Waals surface area contributed by atoms with E-state index < -0.39 is 11.5 Å². The summed E-state index contributed by atoms with van der Waals surface area (Å²) in [5.74, 6) is -0.869. The second-order valence-corrected chi connectivity index (χ2v) is 7.00. The molecule has 0 aliphatic heterocycles. The van der Waals surface area contributed by atoms with Gasteiger partial charge in [0.2, 0.25) is 6.41 Å². The molecule has 1 amide bonds. The maximum absolute atomic E-state index is 12.0. The summed E-state index contributed by atoms with van der Waals surface area (Å²) in [6.45, 7) is 9.98. The lowest BCUT2D eigenvalue weighted by molar-refractivity contribution is -0.170. The molecule has 110 valence electrons. The molecule has 2 unspecified atom stereocenters. The van der Waals surface area contributed by atoms with E-state index in [1.54, 1.807) is 0 Å². The summed E-state index contributed by atoms with van der Waals surface area (Å²) in [5, 5.41) is 9.87. The number of hydrogen-bond acceptors (Lipinski definition) is 2. The summed E-state index contributed by atoms with van der Waals surface area (Å²) < 4.78 is 0. The first-order valence-corrected chi connectivity index (χ1v) is 7.15. The number of aliphatic carboxylic acids is 1. The van der Waals surface area contributed by atoms with Crippen molar-refractivity contribution in [2.75, 3.05) is 0 Å². The van der Waals surface area contributed by atoms with Crippen molar-refractivity contribution in [1.29, 1.82) is 0 Å². The molecule has 1 saturated carbocycles. The van der Waals surface area contributed by atoms with Gasteiger partial charge < -0.3 is 10.0 Å². The number of carboxylic acids is 1. The third kappa shape index (κ3) is 2.77. The van der Waals surface area contributed by atoms with E-state index in [0.717, 1.165) is 25.7 Å². The van der Waals surface area contributed by atoms with E-state index in [1.165, 1.54) is 4.90 Å². The van der Waals surface area contributed by atoms with Gasteiger partial charge in [0.05, 0.1) is 0 Å². The van der Waals surface area contributed by atoms with E-state index in [0.29, 0.717) is 6.42 Å². The SMILES string of the molecule is CC(C)N(C=O)C1(C(=O)O)CCCCC1C(C)(C)C. The fourth-order valence-electron chi connectivity index (χ4n) is 3.66. The van der Waals surface area contributed by atoms with Crippen LogP contribution in [0.4, 0.5) is 0 Å². The van der Waals surface area contributed by atoms with Crippen LogP contribution in [0.25, 0.3) is 0 Å². The van der Waals surface area contributed by atoms with Crippen LogP contribution in [0.3, 0.4) is 0 Å². The lowest BCUT2D eigenvalue weighted by Gasteiger charge is -2.52. The normalized spacial score (nSPS) is 28.2. The molecule has 1 fully saturated rings. The summed E-state index contributed by atoms with van der Waals surface area (Å²) in [5.41, 5.74) is -1.18. The molecule has 0 bridgehead atoms. The van der Waals surface area contributed by atoms with Crippen molar-refractivity contribution in [3.63, 3.8) is 0 Å². The molecule has 0 heterocycles. The van der Waals surface area contributed by atoms with Gasteiger partial charge in [0.15, 0.2) is 0 Å². The molecular formula is C15H27NO3. The van der Waals surface area contributed by atoms with E-state index in [4.69, 9.17) is 0 Å². The van der Waals surface area contributed by atoms with E-state index in [2.05, 4.69) is 20.8 Å². The Bertz CT molecular complexity index is 346. The van der Waals surface area contributed by atoms with Gasteiger partial charge in [-0.2, -0.15) is 0 Å². The summed E-state index contributed by atoms with van der Waals surface area (Å²) in [6, 6.07) is -0.100. The Morgan fingerprint density at radius 3 is 2.32 bits per heavy atom. The van der Waals surface area contributed by atoms with Gasteiger partial charge in [-0.25, -0.2) is 4.79 Å². The maximum atomic E-state index is 12.0. The molecule has 1 aliphatic carbocycles. The zero-order valence-electron chi connectivity index (χ0n) is 12.8. The highest BCUT2D eigenvalue weighted by Crippen LogP contribution is 2.47. The van der Waals surface area contributed by atoms with Crippen LogP contribution in [0.2, 0.25) is 0 Å². The Labute approximate surface area is 116 Å². The fraction of sp³-hybridized carbons (Fsp3) is 0.867. The average Bonchev–Trinajstić information content (AvgIpc) is 2.28. The van der Waals surface area contributed by atoms with Crippen LogP contribution in [0.15, 0.2) is 0 Å². The van der Waals surface area contributed by atoms with Gasteiger partial charge in [-0.1, -0.05) is 33.6 Å². The number of rotatable bonds is 4. The molecule has 4 nitrogen and oxygen atoms in total. The molecule has 19 heavy (non-hydrogen) atoms. The first-order valence-electron chi connectivity index (χ1n) is 7.15. The summed E-state index contributed by atoms with van der Waals surface area (Å²) >= 11 is 0. The molecule has 0 spiro atoms. The molecule has 0 aromatic heterocycles. The van der Waals surface area contributed by atoms with Gasteiger partial charge in [-0.05, 0) is 38.0 Å². The van der Waals surface area contributed by atoms with Crippen LogP contribution in [0.5, 0.6) is 0 Å². The van der Waals surface area contributed by atoms with Crippen molar-refractivity contribution < 1.29 is 14.7 Å². The van der Waals surface area contributed by atoms with Gasteiger partial charge in [0.1, 0.15) is 5.54 Å². The van der Waals surface area contributed by atoms with Crippen LogP contribution in [0, 0.1) is 11.3 Å². The highest BCUT2D eigenvalue weighted by Gasteiger charge is 2.55. The smallest absolute Gasteiger partial charge is 0.329 e. The molecule has 0 aromatic carbocycles. The minimum Gasteiger partial charge on any atom is -0.479 e. The summed E-state index contributed by atoms with van der Waals surface area (Å²) in [4.78, 5) is 25.1. The Morgan fingerprint density at radius 1 is 1.37 bits per heavy atom. The Balaban J connectivity index is 3.35. The lowest BCUT2D eigenvalue weighted by atomic mass is 9.61. The van der Waals surface area contributed by atoms with Crippen molar-refractivity contribution in [3.8, 4) is 0 Å². The van der Waals surface area contributed by atoms with Gasteiger partial charge in [-0.3, -0.25) is 4.79 Å². The minimum absolute atomic E-state index is 0.0150. The van der Waals surface area contributed by atoms with Crippen LogP contribution >= 0.6 is 0 Å². The van der Waals surface area contributed by atoms with Gasteiger partial charge >= 0.3 is 5.97 Å². The second-order valence-electron chi connectivity index (χ2n) is 7.00. The average molecular weight is 269 g/mol. The van der Waals surface area contributed by atoms with Gasteiger partial charge in [0.25, 0.3) is 0 Å². The maximum Gasteiger partial charge on any atom is 0.329 e. The van der Waals surface area contributed by atoms with Crippen molar-refractivity contribution in [2.24, 2.45) is 11.3 Å². The van der Waals surface area contributed by atoms with Gasteiger partial charge in [-0.15, -0.1) is 0 Å². The highest BCUT2D eigenvalue weighted by atomic mass is 16.4. The number of carbonyl (C=O) groups is 2. The quantitative estimate of drug-likeness (QED) is 0.798. The van der Waals surface area contributed by atoms with Crippen LogP contribution < -0.4 is 0 Å². The topological polar surface area (TPSA) is 57.6 Å². The molecule has 0 radical (unpaired) electrons. The van der Waals surface area contributed by atoms with Crippen LogP contribution in [0.1, 0.15) is 60.3 Å². The van der Waals surface area contributed by atoms with Crippen molar-refractivity contribution >= 4 is 12.4 Å². The third-order valence-corrected chi connectivity index (χ3v) is 4.42. The van der Waals surface area contributed by atoms with Crippen LogP contribution in [-0.4, -0.2) is 34.0 Å². The van der Waals surface area contributed by atoms with E-state index in [1.807, 2.05) is 13.8 Å².